The van der Waals surface area contributed by atoms with Crippen LogP contribution in [0.1, 0.15) is 42.3 Å². The van der Waals surface area contributed by atoms with E-state index in [1.54, 1.807) is 17.5 Å². The van der Waals surface area contributed by atoms with E-state index in [1.165, 1.54) is 10.4 Å². The molecule has 3 rings (SSSR count). The van der Waals surface area contributed by atoms with Gasteiger partial charge in [-0.15, -0.1) is 11.3 Å². The Morgan fingerprint density at radius 2 is 2.19 bits per heavy atom. The smallest absolute Gasteiger partial charge is 0.192 e. The van der Waals surface area contributed by atoms with Crippen molar-refractivity contribution in [2.45, 2.75) is 39.8 Å². The fourth-order valence-electron chi connectivity index (χ4n) is 2.70. The summed E-state index contributed by atoms with van der Waals surface area (Å²) in [5.74, 6) is 0.794. The Balaban J connectivity index is 1.70. The van der Waals surface area contributed by atoms with Crippen LogP contribution < -0.4 is 10.6 Å². The average molecular weight is 383 g/mol. The van der Waals surface area contributed by atoms with Gasteiger partial charge >= 0.3 is 0 Å². The van der Waals surface area contributed by atoms with Crippen molar-refractivity contribution in [3.8, 4) is 5.69 Å². The molecule has 2 heterocycles. The molecule has 1 aromatic carbocycles. The van der Waals surface area contributed by atoms with Crippen LogP contribution in [-0.2, 0) is 13.0 Å². The molecule has 0 fully saturated rings. The highest BCUT2D eigenvalue weighted by molar-refractivity contribution is 7.11. The lowest BCUT2D eigenvalue weighted by atomic mass is 10.1. The molecule has 1 unspecified atom stereocenters. The van der Waals surface area contributed by atoms with Crippen LogP contribution in [0.15, 0.2) is 53.9 Å². The lowest BCUT2D eigenvalue weighted by Gasteiger charge is -2.18. The molecule has 0 amide bonds. The number of thiazole rings is 1. The molecule has 0 saturated heterocycles. The molecule has 0 spiro atoms. The first-order valence-corrected chi connectivity index (χ1v) is 10.1. The first-order chi connectivity index (χ1) is 13.2. The summed E-state index contributed by atoms with van der Waals surface area (Å²) in [6.07, 6.45) is 6.69. The number of rotatable bonds is 7. The van der Waals surface area contributed by atoms with Crippen molar-refractivity contribution in [2.75, 3.05) is 6.54 Å². The number of benzene rings is 1. The van der Waals surface area contributed by atoms with E-state index in [4.69, 9.17) is 4.99 Å². The van der Waals surface area contributed by atoms with E-state index in [0.29, 0.717) is 6.54 Å². The first-order valence-electron chi connectivity index (χ1n) is 9.28. The summed E-state index contributed by atoms with van der Waals surface area (Å²) < 4.78 is 1.86. The van der Waals surface area contributed by atoms with E-state index in [9.17, 15) is 0 Å². The van der Waals surface area contributed by atoms with Gasteiger partial charge in [0.2, 0.25) is 0 Å². The van der Waals surface area contributed by atoms with Crippen molar-refractivity contribution < 1.29 is 0 Å². The molecule has 6 nitrogen and oxygen atoms in total. The van der Waals surface area contributed by atoms with Crippen LogP contribution in [0.5, 0.6) is 0 Å². The zero-order chi connectivity index (χ0) is 19.1. The molecule has 1 atom stereocenters. The SMILES string of the molecule is CCNC(=NCc1ncc(CC)s1)NC(C)c1cccc(-n2cccn2)c1. The molecule has 7 heteroatoms. The second-order valence-electron chi connectivity index (χ2n) is 6.18. The van der Waals surface area contributed by atoms with E-state index >= 15 is 0 Å². The molecule has 2 N–H and O–H groups in total. The minimum Gasteiger partial charge on any atom is -0.357 e. The van der Waals surface area contributed by atoms with Gasteiger partial charge in [-0.2, -0.15) is 5.10 Å². The number of hydrogen-bond donors (Lipinski definition) is 2. The zero-order valence-corrected chi connectivity index (χ0v) is 16.8. The van der Waals surface area contributed by atoms with E-state index in [2.05, 4.69) is 65.8 Å². The molecule has 0 aliphatic carbocycles. The Kier molecular flexibility index (Phi) is 6.59. The average Bonchev–Trinajstić information content (AvgIpc) is 3.38. The van der Waals surface area contributed by atoms with E-state index < -0.39 is 0 Å². The lowest BCUT2D eigenvalue weighted by Crippen LogP contribution is -2.38. The van der Waals surface area contributed by atoms with Crippen LogP contribution in [-0.4, -0.2) is 27.3 Å². The Bertz CT molecular complexity index is 868. The quantitative estimate of drug-likeness (QED) is 0.483. The molecule has 0 bridgehead atoms. The summed E-state index contributed by atoms with van der Waals surface area (Å²) in [5.41, 5.74) is 2.22. The Morgan fingerprint density at radius 1 is 1.30 bits per heavy atom. The number of nitrogens with zero attached hydrogens (tertiary/aromatic N) is 4. The standard InChI is InChI=1S/C20H26N6S/c1-4-18-13-22-19(27-18)14-23-20(21-5-2)25-15(3)16-8-6-9-17(12-16)26-11-7-10-24-26/h6-13,15H,4-5,14H2,1-3H3,(H2,21,23,25). The maximum Gasteiger partial charge on any atom is 0.192 e. The maximum atomic E-state index is 4.69. The van der Waals surface area contributed by atoms with Crippen LogP contribution in [0.3, 0.4) is 0 Å². The molecule has 0 saturated carbocycles. The van der Waals surface area contributed by atoms with Gasteiger partial charge in [-0.25, -0.2) is 14.7 Å². The van der Waals surface area contributed by atoms with Crippen molar-refractivity contribution in [3.63, 3.8) is 0 Å². The molecule has 0 aliphatic heterocycles. The van der Waals surface area contributed by atoms with Crippen LogP contribution >= 0.6 is 11.3 Å². The fraction of sp³-hybridized carbons (Fsp3) is 0.350. The van der Waals surface area contributed by atoms with Crippen molar-refractivity contribution in [2.24, 2.45) is 4.99 Å². The summed E-state index contributed by atoms with van der Waals surface area (Å²) in [5, 5.41) is 12.1. The summed E-state index contributed by atoms with van der Waals surface area (Å²) in [6.45, 7) is 7.74. The molecule has 2 aromatic heterocycles. The van der Waals surface area contributed by atoms with Gasteiger partial charge in [-0.1, -0.05) is 19.1 Å². The Labute approximate surface area is 164 Å². The van der Waals surface area contributed by atoms with E-state index in [1.807, 2.05) is 23.1 Å². The highest BCUT2D eigenvalue weighted by Gasteiger charge is 2.09. The minimum atomic E-state index is 0.112. The van der Waals surface area contributed by atoms with Crippen LogP contribution in [0, 0.1) is 0 Å². The van der Waals surface area contributed by atoms with Gasteiger partial charge < -0.3 is 10.6 Å². The van der Waals surface area contributed by atoms with E-state index in [0.717, 1.165) is 29.6 Å². The summed E-state index contributed by atoms with van der Waals surface area (Å²) >= 11 is 1.73. The molecule has 27 heavy (non-hydrogen) atoms. The molecule has 0 radical (unpaired) electrons. The normalized spacial score (nSPS) is 12.8. The van der Waals surface area contributed by atoms with Crippen molar-refractivity contribution in [1.82, 2.24) is 25.4 Å². The number of guanidine groups is 1. The predicted octanol–water partition coefficient (Wildman–Crippen LogP) is 3.71. The summed E-state index contributed by atoms with van der Waals surface area (Å²) in [4.78, 5) is 10.4. The molecular weight excluding hydrogens is 356 g/mol. The number of hydrogen-bond acceptors (Lipinski definition) is 4. The molecule has 142 valence electrons. The Hall–Kier alpha value is -2.67. The van der Waals surface area contributed by atoms with Crippen LogP contribution in [0.4, 0.5) is 0 Å². The highest BCUT2D eigenvalue weighted by Crippen LogP contribution is 2.17. The second kappa shape index (κ2) is 9.32. The highest BCUT2D eigenvalue weighted by atomic mass is 32.1. The number of nitrogens with one attached hydrogen (secondary N) is 2. The number of aliphatic imine (C=N–C) groups is 1. The van der Waals surface area contributed by atoms with Gasteiger partial charge in [0, 0.05) is 30.0 Å². The van der Waals surface area contributed by atoms with Gasteiger partial charge in [0.05, 0.1) is 18.3 Å². The Morgan fingerprint density at radius 3 is 2.89 bits per heavy atom. The summed E-state index contributed by atoms with van der Waals surface area (Å²) in [7, 11) is 0. The molecule has 0 aliphatic rings. The first kappa shape index (κ1) is 19.1. The monoisotopic (exact) mass is 382 g/mol. The van der Waals surface area contributed by atoms with Crippen molar-refractivity contribution in [1.29, 1.82) is 0 Å². The van der Waals surface area contributed by atoms with Gasteiger partial charge in [0.15, 0.2) is 5.96 Å². The van der Waals surface area contributed by atoms with Crippen LogP contribution in [0.25, 0.3) is 5.69 Å². The maximum absolute atomic E-state index is 4.69. The predicted molar refractivity (Wildman–Crippen MR) is 111 cm³/mol. The lowest BCUT2D eigenvalue weighted by molar-refractivity contribution is 0.685. The zero-order valence-electron chi connectivity index (χ0n) is 16.0. The van der Waals surface area contributed by atoms with Gasteiger partial charge in [0.25, 0.3) is 0 Å². The van der Waals surface area contributed by atoms with E-state index in [-0.39, 0.29) is 6.04 Å². The third kappa shape index (κ3) is 5.17. The number of aromatic nitrogens is 3. The topological polar surface area (TPSA) is 67.1 Å². The fourth-order valence-corrected chi connectivity index (χ4v) is 3.48. The number of aryl methyl sites for hydroxylation is 1. The minimum absolute atomic E-state index is 0.112. The molecular formula is C20H26N6S. The summed E-state index contributed by atoms with van der Waals surface area (Å²) in [6, 6.07) is 10.4. The van der Waals surface area contributed by atoms with Gasteiger partial charge in [0.1, 0.15) is 5.01 Å². The molecule has 3 aromatic rings. The largest absolute Gasteiger partial charge is 0.357 e. The van der Waals surface area contributed by atoms with Crippen LogP contribution in [0.2, 0.25) is 0 Å². The third-order valence-corrected chi connectivity index (χ3v) is 5.29. The third-order valence-electron chi connectivity index (χ3n) is 4.16. The van der Waals surface area contributed by atoms with Gasteiger partial charge in [-0.3, -0.25) is 0 Å². The van der Waals surface area contributed by atoms with Crippen molar-refractivity contribution >= 4 is 17.3 Å². The second-order valence-corrected chi connectivity index (χ2v) is 7.38. The van der Waals surface area contributed by atoms with Crippen molar-refractivity contribution in [3.05, 3.63) is 64.4 Å². The van der Waals surface area contributed by atoms with Gasteiger partial charge in [-0.05, 0) is 44.0 Å².